The van der Waals surface area contributed by atoms with Gasteiger partial charge in [-0.2, -0.15) is 0 Å². The number of methoxy groups -OCH3 is 1. The number of hydrogen-bond acceptors (Lipinski definition) is 4. The number of rotatable bonds is 3. The van der Waals surface area contributed by atoms with Gasteiger partial charge < -0.3 is 9.64 Å². The number of nitrogens with zero attached hydrogens (tertiary/aromatic N) is 4. The first-order chi connectivity index (χ1) is 11.5. The monoisotopic (exact) mass is 335 g/mol. The van der Waals surface area contributed by atoms with Gasteiger partial charge in [0.1, 0.15) is 5.82 Å². The van der Waals surface area contributed by atoms with E-state index in [2.05, 4.69) is 22.2 Å². The molecular formula is C17H29N5O2. The van der Waals surface area contributed by atoms with Crippen molar-refractivity contribution in [1.82, 2.24) is 19.6 Å². The molecule has 1 aromatic heterocycles. The number of urea groups is 1. The van der Waals surface area contributed by atoms with E-state index in [1.54, 1.807) is 24.9 Å². The van der Waals surface area contributed by atoms with E-state index in [1.807, 2.05) is 4.90 Å². The summed E-state index contributed by atoms with van der Waals surface area (Å²) in [7, 11) is 3.36. The topological polar surface area (TPSA) is 62.6 Å². The molecule has 3 heterocycles. The smallest absolute Gasteiger partial charge is 0.323 e. The van der Waals surface area contributed by atoms with Crippen LogP contribution in [-0.4, -0.2) is 64.4 Å². The van der Waals surface area contributed by atoms with Gasteiger partial charge in [0.15, 0.2) is 0 Å². The zero-order valence-corrected chi connectivity index (χ0v) is 15.0. The summed E-state index contributed by atoms with van der Waals surface area (Å²) in [5.41, 5.74) is 0.243. The minimum atomic E-state index is -0.0543. The Bertz CT molecular complexity index is 572. The third-order valence-electron chi connectivity index (χ3n) is 5.55. The second kappa shape index (κ2) is 7.01. The van der Waals surface area contributed by atoms with E-state index in [1.165, 1.54) is 32.4 Å². The second-order valence-electron chi connectivity index (χ2n) is 7.16. The lowest BCUT2D eigenvalue weighted by Crippen LogP contribution is -2.56. The van der Waals surface area contributed by atoms with Crippen LogP contribution in [0.1, 0.15) is 39.0 Å². The van der Waals surface area contributed by atoms with Gasteiger partial charge in [0.2, 0.25) is 5.88 Å². The molecular weight excluding hydrogens is 306 g/mol. The van der Waals surface area contributed by atoms with E-state index in [4.69, 9.17) is 4.74 Å². The summed E-state index contributed by atoms with van der Waals surface area (Å²) in [6.07, 6.45) is 6.05. The number of anilines is 1. The molecule has 3 rings (SSSR count). The van der Waals surface area contributed by atoms with Gasteiger partial charge in [-0.25, -0.2) is 9.48 Å². The van der Waals surface area contributed by atoms with E-state index >= 15 is 0 Å². The Morgan fingerprint density at radius 1 is 1.21 bits per heavy atom. The molecule has 1 aromatic rings. The van der Waals surface area contributed by atoms with Crippen LogP contribution >= 0.6 is 0 Å². The van der Waals surface area contributed by atoms with Crippen molar-refractivity contribution in [3.8, 4) is 5.88 Å². The molecule has 0 aliphatic carbocycles. The van der Waals surface area contributed by atoms with Crippen molar-refractivity contribution in [3.63, 3.8) is 0 Å². The summed E-state index contributed by atoms with van der Waals surface area (Å²) in [5.74, 6) is 1.16. The van der Waals surface area contributed by atoms with Crippen LogP contribution in [0.4, 0.5) is 10.6 Å². The Morgan fingerprint density at radius 2 is 1.88 bits per heavy atom. The Kier molecular flexibility index (Phi) is 4.99. The highest BCUT2D eigenvalue weighted by atomic mass is 16.5. The molecule has 0 radical (unpaired) electrons. The van der Waals surface area contributed by atoms with Gasteiger partial charge >= 0.3 is 6.03 Å². The van der Waals surface area contributed by atoms with Crippen molar-refractivity contribution in [2.24, 2.45) is 7.05 Å². The maximum Gasteiger partial charge on any atom is 0.323 e. The highest BCUT2D eigenvalue weighted by Gasteiger charge is 2.37. The number of ether oxygens (including phenoxy) is 1. The average Bonchev–Trinajstić information content (AvgIpc) is 2.96. The fourth-order valence-electron chi connectivity index (χ4n) is 3.79. The lowest BCUT2D eigenvalue weighted by molar-refractivity contribution is 0.0318. The molecule has 7 nitrogen and oxygen atoms in total. The molecule has 2 fully saturated rings. The summed E-state index contributed by atoms with van der Waals surface area (Å²) < 4.78 is 6.72. The lowest BCUT2D eigenvalue weighted by atomic mass is 9.86. The number of carbonyl (C=O) groups is 1. The van der Waals surface area contributed by atoms with Crippen LogP contribution in [0, 0.1) is 0 Å². The van der Waals surface area contributed by atoms with Crippen LogP contribution in [0.3, 0.4) is 0 Å². The van der Waals surface area contributed by atoms with Gasteiger partial charge in [-0.05, 0) is 45.7 Å². The molecule has 2 amide bonds. The molecule has 0 unspecified atom stereocenters. The van der Waals surface area contributed by atoms with Gasteiger partial charge in [-0.3, -0.25) is 10.2 Å². The highest BCUT2D eigenvalue weighted by Crippen LogP contribution is 2.31. The fourth-order valence-corrected chi connectivity index (χ4v) is 3.79. The van der Waals surface area contributed by atoms with Crippen LogP contribution in [0.25, 0.3) is 0 Å². The zero-order valence-electron chi connectivity index (χ0n) is 15.0. The summed E-state index contributed by atoms with van der Waals surface area (Å²) in [6, 6.07) is 1.68. The summed E-state index contributed by atoms with van der Waals surface area (Å²) >= 11 is 0. The standard InChI is InChI=1S/C17H29N5O2/c1-17(22-9-5-4-6-10-22)7-11-21(12-8-17)16(23)18-14-13-15(24-3)19-20(14)2/h13H,4-12H2,1-3H3,(H,18,23). The SMILES string of the molecule is COc1cc(NC(=O)N2CCC(C)(N3CCCCC3)CC2)n(C)n1. The number of hydrogen-bond donors (Lipinski definition) is 1. The number of carbonyl (C=O) groups excluding carboxylic acids is 1. The van der Waals surface area contributed by atoms with Gasteiger partial charge in [-0.15, -0.1) is 5.10 Å². The number of likely N-dealkylation sites (tertiary alicyclic amines) is 2. The molecule has 2 saturated heterocycles. The molecule has 0 aromatic carbocycles. The van der Waals surface area contributed by atoms with Crippen molar-refractivity contribution in [2.45, 2.75) is 44.6 Å². The molecule has 0 saturated carbocycles. The van der Waals surface area contributed by atoms with Crippen molar-refractivity contribution in [1.29, 1.82) is 0 Å². The maximum atomic E-state index is 12.5. The highest BCUT2D eigenvalue weighted by molar-refractivity contribution is 5.88. The predicted molar refractivity (Wildman–Crippen MR) is 93.4 cm³/mol. The number of piperidine rings is 2. The van der Waals surface area contributed by atoms with Gasteiger partial charge in [-0.1, -0.05) is 6.42 Å². The first-order valence-corrected chi connectivity index (χ1v) is 8.91. The quantitative estimate of drug-likeness (QED) is 0.921. The summed E-state index contributed by atoms with van der Waals surface area (Å²) in [4.78, 5) is 17.1. The largest absolute Gasteiger partial charge is 0.480 e. The maximum absolute atomic E-state index is 12.5. The molecule has 2 aliphatic heterocycles. The van der Waals surface area contributed by atoms with E-state index in [9.17, 15) is 4.79 Å². The fraction of sp³-hybridized carbons (Fsp3) is 0.765. The predicted octanol–water partition coefficient (Wildman–Crippen LogP) is 2.30. The van der Waals surface area contributed by atoms with E-state index in [0.717, 1.165) is 25.9 Å². The molecule has 0 spiro atoms. The van der Waals surface area contributed by atoms with Crippen LogP contribution < -0.4 is 10.1 Å². The molecule has 1 N–H and O–H groups in total. The van der Waals surface area contributed by atoms with E-state index < -0.39 is 0 Å². The van der Waals surface area contributed by atoms with Crippen molar-refractivity contribution in [2.75, 3.05) is 38.6 Å². The molecule has 134 valence electrons. The molecule has 2 aliphatic rings. The normalized spacial score (nSPS) is 21.5. The molecule has 7 heteroatoms. The van der Waals surface area contributed by atoms with Crippen molar-refractivity contribution < 1.29 is 9.53 Å². The van der Waals surface area contributed by atoms with Gasteiger partial charge in [0, 0.05) is 31.7 Å². The third kappa shape index (κ3) is 3.50. The minimum Gasteiger partial charge on any atom is -0.480 e. The summed E-state index contributed by atoms with van der Waals surface area (Å²) in [6.45, 7) is 6.37. The number of aryl methyl sites for hydroxylation is 1. The zero-order chi connectivity index (χ0) is 17.2. The third-order valence-corrected chi connectivity index (χ3v) is 5.55. The Hall–Kier alpha value is -1.76. The lowest BCUT2D eigenvalue weighted by Gasteiger charge is -2.48. The average molecular weight is 335 g/mol. The van der Waals surface area contributed by atoms with Crippen molar-refractivity contribution >= 4 is 11.8 Å². The van der Waals surface area contributed by atoms with E-state index in [-0.39, 0.29) is 11.6 Å². The first-order valence-electron chi connectivity index (χ1n) is 8.91. The van der Waals surface area contributed by atoms with E-state index in [0.29, 0.717) is 11.7 Å². The van der Waals surface area contributed by atoms with Crippen molar-refractivity contribution in [3.05, 3.63) is 6.07 Å². The van der Waals surface area contributed by atoms with Crippen LogP contribution in [0.2, 0.25) is 0 Å². The molecule has 0 bridgehead atoms. The molecule has 24 heavy (non-hydrogen) atoms. The second-order valence-corrected chi connectivity index (χ2v) is 7.16. The van der Waals surface area contributed by atoms with Gasteiger partial charge in [0.25, 0.3) is 0 Å². The minimum absolute atomic E-state index is 0.0543. The Balaban J connectivity index is 1.55. The van der Waals surface area contributed by atoms with Gasteiger partial charge in [0.05, 0.1) is 7.11 Å². The van der Waals surface area contributed by atoms with Crippen LogP contribution in [-0.2, 0) is 7.05 Å². The summed E-state index contributed by atoms with van der Waals surface area (Å²) in [5, 5.41) is 7.10. The first kappa shape index (κ1) is 17.1. The van der Waals surface area contributed by atoms with Crippen LogP contribution in [0.15, 0.2) is 6.07 Å². The number of amides is 2. The Labute approximate surface area is 143 Å². The number of aromatic nitrogens is 2. The molecule has 0 atom stereocenters. The number of nitrogens with one attached hydrogen (secondary N) is 1. The van der Waals surface area contributed by atoms with Crippen LogP contribution in [0.5, 0.6) is 5.88 Å². The Morgan fingerprint density at radius 3 is 2.46 bits per heavy atom.